The molecule has 0 aliphatic heterocycles. The molecular formula is C33H22ClN9O12S4. The lowest BCUT2D eigenvalue weighted by Crippen LogP contribution is -2.25. The predicted octanol–water partition coefficient (Wildman–Crippen LogP) is 6.38. The molecule has 0 fully saturated rings. The van der Waals surface area contributed by atoms with Crippen LogP contribution in [0.2, 0.25) is 5.28 Å². The van der Waals surface area contributed by atoms with Crippen molar-refractivity contribution in [1.82, 2.24) is 15.0 Å². The highest BCUT2D eigenvalue weighted by molar-refractivity contribution is 7.87. The first-order chi connectivity index (χ1) is 27.6. The van der Waals surface area contributed by atoms with Crippen LogP contribution in [0.3, 0.4) is 0 Å². The minimum atomic E-state index is -4.97. The Balaban J connectivity index is 1.39. The van der Waals surface area contributed by atoms with Crippen molar-refractivity contribution < 1.29 is 51.9 Å². The molecule has 7 N–H and O–H groups in total. The summed E-state index contributed by atoms with van der Waals surface area (Å²) in [6.07, 6.45) is 0. The number of rotatable bonds is 9. The van der Waals surface area contributed by atoms with E-state index >= 15 is 0 Å². The van der Waals surface area contributed by atoms with E-state index in [9.17, 15) is 51.9 Å². The average molecular weight is 900 g/mol. The van der Waals surface area contributed by atoms with Crippen molar-refractivity contribution in [2.45, 2.75) is 19.6 Å². The Morgan fingerprint density at radius 1 is 0.525 bits per heavy atom. The van der Waals surface area contributed by atoms with E-state index in [0.29, 0.717) is 0 Å². The molecule has 21 nitrogen and oxygen atoms in total. The smallest absolute Gasteiger partial charge is 0.295 e. The third-order valence-corrected chi connectivity index (χ3v) is 12.1. The molecule has 59 heavy (non-hydrogen) atoms. The normalized spacial score (nSPS) is 13.4. The second-order valence-corrected chi connectivity index (χ2v) is 18.1. The molecular weight excluding hydrogens is 878 g/mol. The third kappa shape index (κ3) is 8.53. The number of nitrogens with one attached hydrogen (secondary N) is 3. The molecule has 0 radical (unpaired) electrons. The van der Waals surface area contributed by atoms with Gasteiger partial charge >= 0.3 is 0 Å². The quantitative estimate of drug-likeness (QED) is 0.0611. The molecule has 1 aromatic heterocycles. The second kappa shape index (κ2) is 14.9. The Labute approximate surface area is 336 Å². The Hall–Kier alpha value is -6.16. The van der Waals surface area contributed by atoms with Gasteiger partial charge in [-0.2, -0.15) is 43.8 Å². The maximum atomic E-state index is 12.5. The van der Waals surface area contributed by atoms with Gasteiger partial charge in [-0.25, -0.2) is 4.99 Å². The number of hydrogen-bond donors (Lipinski definition) is 7. The summed E-state index contributed by atoms with van der Waals surface area (Å²) in [5, 5.41) is 23.9. The maximum absolute atomic E-state index is 12.5. The summed E-state index contributed by atoms with van der Waals surface area (Å²) in [6.45, 7) is 0. The highest BCUT2D eigenvalue weighted by Crippen LogP contribution is 2.41. The predicted molar refractivity (Wildman–Crippen MR) is 208 cm³/mol. The van der Waals surface area contributed by atoms with Gasteiger partial charge in [-0.05, 0) is 72.3 Å². The van der Waals surface area contributed by atoms with E-state index in [1.54, 1.807) is 0 Å². The van der Waals surface area contributed by atoms with E-state index in [1.165, 1.54) is 48.5 Å². The lowest BCUT2D eigenvalue weighted by molar-refractivity contribution is 0.481. The molecule has 26 heteroatoms. The first kappa shape index (κ1) is 41.0. The van der Waals surface area contributed by atoms with Crippen molar-refractivity contribution in [3.63, 3.8) is 0 Å². The molecule has 302 valence electrons. The number of hydrogen-bond acceptors (Lipinski definition) is 15. The molecule has 0 atom stereocenters. The average Bonchev–Trinajstić information content (AvgIpc) is 3.14. The zero-order valence-corrected chi connectivity index (χ0v) is 32.9. The largest absolute Gasteiger partial charge is 0.300 e. The molecule has 0 aliphatic rings. The minimum absolute atomic E-state index is 0.00674. The Morgan fingerprint density at radius 3 is 1.69 bits per heavy atom. The molecule has 0 amide bonds. The van der Waals surface area contributed by atoms with Crippen molar-refractivity contribution in [2.24, 2.45) is 25.4 Å². The van der Waals surface area contributed by atoms with E-state index in [0.717, 1.165) is 42.5 Å². The van der Waals surface area contributed by atoms with Crippen LogP contribution in [-0.2, 0) is 40.5 Å². The highest BCUT2D eigenvalue weighted by atomic mass is 35.5. The van der Waals surface area contributed by atoms with Crippen molar-refractivity contribution >= 4 is 113 Å². The Bertz CT molecular complexity index is 3610. The van der Waals surface area contributed by atoms with Gasteiger partial charge in [0.2, 0.25) is 16.5 Å². The van der Waals surface area contributed by atoms with Crippen LogP contribution in [0.25, 0.3) is 32.3 Å². The van der Waals surface area contributed by atoms with Gasteiger partial charge in [0, 0.05) is 32.3 Å². The molecule has 0 bridgehead atoms. The summed E-state index contributed by atoms with van der Waals surface area (Å²) < 4.78 is 138. The van der Waals surface area contributed by atoms with Crippen LogP contribution < -0.4 is 11.2 Å². The number of halogens is 1. The lowest BCUT2D eigenvalue weighted by Gasteiger charge is -2.10. The molecule has 0 spiro atoms. The Morgan fingerprint density at radius 2 is 1.08 bits per heavy atom. The topological polar surface area (TPSA) is 348 Å². The molecule has 0 saturated heterocycles. The summed E-state index contributed by atoms with van der Waals surface area (Å²) >= 11 is 5.91. The van der Waals surface area contributed by atoms with Crippen LogP contribution >= 0.6 is 11.6 Å². The van der Waals surface area contributed by atoms with Gasteiger partial charge in [-0.1, -0.05) is 30.3 Å². The summed E-state index contributed by atoms with van der Waals surface area (Å²) in [5.41, 5.74) is -0.768. The van der Waals surface area contributed by atoms with E-state index in [-0.39, 0.29) is 77.3 Å². The molecule has 7 rings (SSSR count). The van der Waals surface area contributed by atoms with Crippen LogP contribution in [0.1, 0.15) is 0 Å². The van der Waals surface area contributed by atoms with Gasteiger partial charge in [0.25, 0.3) is 40.5 Å². The maximum Gasteiger partial charge on any atom is 0.295 e. The summed E-state index contributed by atoms with van der Waals surface area (Å²) in [6, 6.07) is 18.0. The number of nitrogens with zero attached hydrogens (tertiary/aromatic N) is 6. The highest BCUT2D eigenvalue weighted by Gasteiger charge is 2.22. The molecule has 0 unspecified atom stereocenters. The fourth-order valence-corrected chi connectivity index (χ4v) is 8.79. The van der Waals surface area contributed by atoms with Crippen LogP contribution in [0, 0.1) is 5.41 Å². The lowest BCUT2D eigenvalue weighted by atomic mass is 10.1. The minimum Gasteiger partial charge on any atom is -0.300 e. The monoisotopic (exact) mass is 899 g/mol. The number of azo groups is 2. The third-order valence-electron chi connectivity index (χ3n) is 8.37. The van der Waals surface area contributed by atoms with Crippen molar-refractivity contribution in [3.05, 3.63) is 108 Å². The van der Waals surface area contributed by atoms with Gasteiger partial charge in [0.1, 0.15) is 14.7 Å². The zero-order chi connectivity index (χ0) is 42.7. The van der Waals surface area contributed by atoms with Gasteiger partial charge in [-0.3, -0.25) is 28.6 Å². The zero-order valence-electron chi connectivity index (χ0n) is 28.9. The van der Waals surface area contributed by atoms with Crippen molar-refractivity contribution in [2.75, 3.05) is 0 Å². The molecule has 6 aromatic carbocycles. The SMILES string of the molecule is N=c1nc(Cl)[nH]c(=Nc2ccc(N=Nc3ccc(N=Nc4cc(S(=O)(=O)O)c5cccc(S(=O)(=O)O)c5c4)c4ccc(S(=O)(=O)O)cc34)c3cccc(S(=O)(=O)O)c23)[nH]1. The van der Waals surface area contributed by atoms with Crippen molar-refractivity contribution in [3.8, 4) is 0 Å². The number of aromatic nitrogens is 3. The van der Waals surface area contributed by atoms with E-state index in [2.05, 4.69) is 40.4 Å². The second-order valence-electron chi connectivity index (χ2n) is 12.2. The number of benzene rings is 6. The Kier molecular flexibility index (Phi) is 10.4. The first-order valence-electron chi connectivity index (χ1n) is 16.0. The van der Waals surface area contributed by atoms with Gasteiger partial charge in [-0.15, -0.1) is 15.3 Å². The van der Waals surface area contributed by atoms with Crippen LogP contribution in [0.5, 0.6) is 0 Å². The van der Waals surface area contributed by atoms with Crippen LogP contribution in [0.4, 0.5) is 28.4 Å². The number of H-pyrrole nitrogens is 2. The van der Waals surface area contributed by atoms with Crippen molar-refractivity contribution in [1.29, 1.82) is 5.41 Å². The van der Waals surface area contributed by atoms with Crippen LogP contribution in [-0.4, -0.2) is 66.8 Å². The molecule has 7 aromatic rings. The van der Waals surface area contributed by atoms with E-state index in [1.807, 2.05) is 0 Å². The fourth-order valence-electron chi connectivity index (χ4n) is 5.96. The van der Waals surface area contributed by atoms with E-state index < -0.39 is 60.1 Å². The first-order valence-corrected chi connectivity index (χ1v) is 22.1. The van der Waals surface area contributed by atoms with Gasteiger partial charge in [0.05, 0.1) is 33.3 Å². The molecule has 0 aliphatic carbocycles. The summed E-state index contributed by atoms with van der Waals surface area (Å²) in [7, 11) is -19.5. The van der Waals surface area contributed by atoms with Gasteiger partial charge in [0.15, 0.2) is 0 Å². The van der Waals surface area contributed by atoms with Crippen LogP contribution in [0.15, 0.2) is 136 Å². The van der Waals surface area contributed by atoms with Gasteiger partial charge < -0.3 is 4.98 Å². The standard InChI is InChI=1S/C33H22ClN9O12S4/c34-31-37-32(35)39-33(38-31)36-26-12-11-24(20-4-2-6-28(30(20)26)58(50,51)52)42-43-25-10-9-23(18-8-7-17(15-21(18)25)56(44,45)46)41-40-16-13-22-19(29(14-16)59(53,54)55)3-1-5-27(22)57(47,48)49/h1-15H,(H,44,45,46)(H,47,48,49)(H,50,51,52)(H,53,54,55)(H3,35,36,37,38,39). The fraction of sp³-hybridized carbons (Fsp3) is 0. The summed E-state index contributed by atoms with van der Waals surface area (Å²) in [5.74, 6) is 0. The molecule has 0 saturated carbocycles. The molecule has 1 heterocycles. The summed E-state index contributed by atoms with van der Waals surface area (Å²) in [4.78, 5) is 10.5. The number of fused-ring (bicyclic) bond motifs is 3. The van der Waals surface area contributed by atoms with E-state index in [4.69, 9.17) is 17.0 Å². The number of aromatic amines is 2.